The molecule has 0 aliphatic heterocycles. The average molecular weight is 440 g/mol. The number of rotatable bonds is 6. The molecule has 0 spiro atoms. The summed E-state index contributed by atoms with van der Waals surface area (Å²) in [5, 5.41) is 17.2. The van der Waals surface area contributed by atoms with Gasteiger partial charge in [-0.3, -0.25) is 9.97 Å². The maximum atomic E-state index is 4.70. The third-order valence-corrected chi connectivity index (χ3v) is 6.12. The van der Waals surface area contributed by atoms with Crippen molar-refractivity contribution in [2.24, 2.45) is 0 Å². The van der Waals surface area contributed by atoms with Crippen LogP contribution in [-0.4, -0.2) is 25.1 Å². The SMILES string of the molecule is Cl.c1ccc(CNc2cnc3ccc(Nc4nnc(C5CCCC5)s4)nc3c2)nc1. The van der Waals surface area contributed by atoms with E-state index in [-0.39, 0.29) is 12.4 Å². The molecule has 0 aromatic carbocycles. The summed E-state index contributed by atoms with van der Waals surface area (Å²) in [4.78, 5) is 13.5. The van der Waals surface area contributed by atoms with Gasteiger partial charge in [-0.15, -0.1) is 22.6 Å². The highest BCUT2D eigenvalue weighted by Gasteiger charge is 2.21. The molecule has 2 N–H and O–H groups in total. The van der Waals surface area contributed by atoms with Crippen LogP contribution < -0.4 is 10.6 Å². The number of pyridine rings is 3. The molecule has 154 valence electrons. The molecule has 4 aromatic heterocycles. The van der Waals surface area contributed by atoms with E-state index >= 15 is 0 Å². The van der Waals surface area contributed by atoms with Crippen molar-refractivity contribution in [3.63, 3.8) is 0 Å². The Kier molecular flexibility index (Phi) is 6.35. The topological polar surface area (TPSA) is 88.5 Å². The maximum Gasteiger partial charge on any atom is 0.211 e. The summed E-state index contributed by atoms with van der Waals surface area (Å²) in [6.45, 7) is 0.640. The maximum absolute atomic E-state index is 4.70. The van der Waals surface area contributed by atoms with Gasteiger partial charge in [0.25, 0.3) is 0 Å². The second kappa shape index (κ2) is 9.32. The van der Waals surface area contributed by atoms with Gasteiger partial charge in [-0.25, -0.2) is 4.98 Å². The molecule has 0 unspecified atom stereocenters. The predicted molar refractivity (Wildman–Crippen MR) is 123 cm³/mol. The van der Waals surface area contributed by atoms with Crippen LogP contribution in [0, 0.1) is 0 Å². The Hall–Kier alpha value is -2.84. The molecule has 0 saturated heterocycles. The van der Waals surface area contributed by atoms with Gasteiger partial charge in [0.1, 0.15) is 10.8 Å². The van der Waals surface area contributed by atoms with Crippen LogP contribution in [0.2, 0.25) is 0 Å². The van der Waals surface area contributed by atoms with Gasteiger partial charge in [-0.1, -0.05) is 30.2 Å². The van der Waals surface area contributed by atoms with Crippen molar-refractivity contribution in [3.05, 3.63) is 59.5 Å². The van der Waals surface area contributed by atoms with E-state index in [9.17, 15) is 0 Å². The minimum absolute atomic E-state index is 0. The number of anilines is 3. The van der Waals surface area contributed by atoms with E-state index in [1.165, 1.54) is 25.7 Å². The predicted octanol–water partition coefficient (Wildman–Crippen LogP) is 5.31. The molecule has 1 fully saturated rings. The Labute approximate surface area is 184 Å². The van der Waals surface area contributed by atoms with Crippen LogP contribution in [0.1, 0.15) is 42.3 Å². The summed E-state index contributed by atoms with van der Waals surface area (Å²) < 4.78 is 0. The lowest BCUT2D eigenvalue weighted by atomic mass is 10.1. The third kappa shape index (κ3) is 4.66. The fourth-order valence-corrected chi connectivity index (χ4v) is 4.52. The number of nitrogens with one attached hydrogen (secondary N) is 2. The summed E-state index contributed by atoms with van der Waals surface area (Å²) in [5.41, 5.74) is 3.56. The van der Waals surface area contributed by atoms with Crippen molar-refractivity contribution in [1.82, 2.24) is 25.1 Å². The first-order valence-corrected chi connectivity index (χ1v) is 10.7. The Bertz CT molecular complexity index is 1110. The van der Waals surface area contributed by atoms with Gasteiger partial charge in [-0.2, -0.15) is 0 Å². The number of nitrogens with zero attached hydrogens (tertiary/aromatic N) is 5. The van der Waals surface area contributed by atoms with E-state index in [4.69, 9.17) is 4.98 Å². The molecule has 0 amide bonds. The van der Waals surface area contributed by atoms with Gasteiger partial charge >= 0.3 is 0 Å². The van der Waals surface area contributed by atoms with Gasteiger partial charge in [-0.05, 0) is 43.2 Å². The molecule has 1 aliphatic carbocycles. The lowest BCUT2D eigenvalue weighted by Gasteiger charge is -2.07. The van der Waals surface area contributed by atoms with Crippen LogP contribution in [0.4, 0.5) is 16.6 Å². The molecule has 4 aromatic rings. The zero-order valence-corrected chi connectivity index (χ0v) is 17.9. The smallest absolute Gasteiger partial charge is 0.211 e. The van der Waals surface area contributed by atoms with E-state index in [0.717, 1.165) is 38.4 Å². The van der Waals surface area contributed by atoms with E-state index in [0.29, 0.717) is 12.5 Å². The zero-order valence-electron chi connectivity index (χ0n) is 16.3. The first-order valence-electron chi connectivity index (χ1n) is 9.84. The molecule has 9 heteroatoms. The van der Waals surface area contributed by atoms with Crippen molar-refractivity contribution in [3.8, 4) is 0 Å². The van der Waals surface area contributed by atoms with Crippen LogP contribution in [-0.2, 0) is 6.54 Å². The summed E-state index contributed by atoms with van der Waals surface area (Å²) in [6, 6.07) is 11.8. The monoisotopic (exact) mass is 439 g/mol. The van der Waals surface area contributed by atoms with Crippen molar-refractivity contribution in [1.29, 1.82) is 0 Å². The van der Waals surface area contributed by atoms with E-state index in [2.05, 4.69) is 30.8 Å². The van der Waals surface area contributed by atoms with Crippen LogP contribution in [0.25, 0.3) is 11.0 Å². The summed E-state index contributed by atoms with van der Waals surface area (Å²) in [6.07, 6.45) is 8.65. The van der Waals surface area contributed by atoms with Crippen LogP contribution in [0.15, 0.2) is 48.8 Å². The molecule has 30 heavy (non-hydrogen) atoms. The van der Waals surface area contributed by atoms with Gasteiger partial charge in [0, 0.05) is 12.1 Å². The molecular weight excluding hydrogens is 418 g/mol. The van der Waals surface area contributed by atoms with Gasteiger partial charge < -0.3 is 10.6 Å². The lowest BCUT2D eigenvalue weighted by Crippen LogP contribution is -2.02. The van der Waals surface area contributed by atoms with E-state index < -0.39 is 0 Å². The molecule has 1 saturated carbocycles. The minimum Gasteiger partial charge on any atom is -0.378 e. The molecular formula is C21H22ClN7S. The summed E-state index contributed by atoms with van der Waals surface area (Å²) in [7, 11) is 0. The quantitative estimate of drug-likeness (QED) is 0.420. The zero-order chi connectivity index (χ0) is 19.5. The lowest BCUT2D eigenvalue weighted by molar-refractivity contribution is 0.705. The van der Waals surface area contributed by atoms with Crippen LogP contribution in [0.3, 0.4) is 0 Å². The largest absolute Gasteiger partial charge is 0.378 e. The number of aromatic nitrogens is 5. The second-order valence-corrected chi connectivity index (χ2v) is 8.19. The molecule has 0 bridgehead atoms. The molecule has 5 rings (SSSR count). The summed E-state index contributed by atoms with van der Waals surface area (Å²) >= 11 is 1.63. The second-order valence-electron chi connectivity index (χ2n) is 7.19. The summed E-state index contributed by atoms with van der Waals surface area (Å²) in [5.74, 6) is 1.32. The Balaban J connectivity index is 0.00000218. The number of fused-ring (bicyclic) bond motifs is 1. The molecule has 0 atom stereocenters. The fraction of sp³-hybridized carbons (Fsp3) is 0.286. The molecule has 1 aliphatic rings. The highest BCUT2D eigenvalue weighted by atomic mass is 35.5. The first kappa shape index (κ1) is 20.4. The normalized spacial score (nSPS) is 13.9. The number of hydrogen-bond acceptors (Lipinski definition) is 8. The molecule has 7 nitrogen and oxygen atoms in total. The first-order chi connectivity index (χ1) is 14.3. The van der Waals surface area contributed by atoms with Crippen LogP contribution in [0.5, 0.6) is 0 Å². The number of hydrogen-bond donors (Lipinski definition) is 2. The van der Waals surface area contributed by atoms with Gasteiger partial charge in [0.2, 0.25) is 5.13 Å². The number of halogens is 1. The Morgan fingerprint density at radius 3 is 2.73 bits per heavy atom. The fourth-order valence-electron chi connectivity index (χ4n) is 3.60. The average Bonchev–Trinajstić information content (AvgIpc) is 3.45. The van der Waals surface area contributed by atoms with Crippen molar-refractivity contribution in [2.75, 3.05) is 10.6 Å². The highest BCUT2D eigenvalue weighted by molar-refractivity contribution is 7.15. The molecule has 0 radical (unpaired) electrons. The van der Waals surface area contributed by atoms with Crippen molar-refractivity contribution >= 4 is 51.4 Å². The van der Waals surface area contributed by atoms with E-state index in [1.54, 1.807) is 17.5 Å². The van der Waals surface area contributed by atoms with Crippen LogP contribution >= 0.6 is 23.7 Å². The molecule has 4 heterocycles. The van der Waals surface area contributed by atoms with Gasteiger partial charge in [0.15, 0.2) is 0 Å². The third-order valence-electron chi connectivity index (χ3n) is 5.12. The Morgan fingerprint density at radius 2 is 1.90 bits per heavy atom. The Morgan fingerprint density at radius 1 is 1.00 bits per heavy atom. The van der Waals surface area contributed by atoms with Crippen molar-refractivity contribution < 1.29 is 0 Å². The standard InChI is InChI=1S/C21H21N7S.ClH/c1-2-6-14(5-1)20-27-28-21(29-20)26-19-9-8-17-18(25-19)11-16(13-24-17)23-12-15-7-3-4-10-22-15;/h3-4,7-11,13-14,23H,1-2,5-6,12H2,(H,25,26,28);1H. The van der Waals surface area contributed by atoms with Crippen molar-refractivity contribution in [2.45, 2.75) is 38.1 Å². The van der Waals surface area contributed by atoms with Gasteiger partial charge in [0.05, 0.1) is 35.2 Å². The highest BCUT2D eigenvalue weighted by Crippen LogP contribution is 2.36. The minimum atomic E-state index is 0. The van der Waals surface area contributed by atoms with E-state index in [1.807, 2.05) is 42.6 Å².